The number of hydrogen-bond donors (Lipinski definition) is 0. The molecule has 0 amide bonds. The quantitative estimate of drug-likeness (QED) is 0.240. The zero-order valence-electron chi connectivity index (χ0n) is 10.9. The maximum Gasteiger partial charge on any atom is 0.273 e. The molecule has 0 unspecified atom stereocenters. The number of non-ortho nitro benzene ring substituents is 1. The van der Waals surface area contributed by atoms with Gasteiger partial charge in [0.1, 0.15) is 0 Å². The van der Waals surface area contributed by atoms with Gasteiger partial charge in [0.15, 0.2) is 0 Å². The third kappa shape index (κ3) is 2.20. The van der Waals surface area contributed by atoms with Crippen molar-refractivity contribution >= 4 is 33.0 Å². The Bertz CT molecular complexity index is 986. The lowest BCUT2D eigenvalue weighted by atomic mass is 10.2. The van der Waals surface area contributed by atoms with E-state index in [-0.39, 0.29) is 22.3 Å². The van der Waals surface area contributed by atoms with Gasteiger partial charge in [0, 0.05) is 17.0 Å². The highest BCUT2D eigenvalue weighted by atomic mass is 32.1. The van der Waals surface area contributed by atoms with Crippen LogP contribution in [0.25, 0.3) is 26.2 Å². The van der Waals surface area contributed by atoms with Crippen LogP contribution in [0, 0.1) is 10.1 Å². The summed E-state index contributed by atoms with van der Waals surface area (Å²) in [6, 6.07) is 11.3. The third-order valence-corrected chi connectivity index (χ3v) is 4.09. The van der Waals surface area contributed by atoms with E-state index < -0.39 is 4.92 Å². The number of rotatable bonds is 3. The average Bonchev–Trinajstić information content (AvgIpc) is 2.85. The number of azide groups is 1. The van der Waals surface area contributed by atoms with Crippen LogP contribution in [0.1, 0.15) is 0 Å². The minimum Gasteiger partial charge on any atom is -0.267 e. The summed E-state index contributed by atoms with van der Waals surface area (Å²) in [6.45, 7) is 0. The molecule has 0 saturated heterocycles. The largest absolute Gasteiger partial charge is 0.273 e. The van der Waals surface area contributed by atoms with Crippen molar-refractivity contribution in [2.75, 3.05) is 0 Å². The summed E-state index contributed by atoms with van der Waals surface area (Å²) in [7, 11) is 0. The molecule has 2 aromatic carbocycles. The maximum atomic E-state index is 12.5. The van der Waals surface area contributed by atoms with Crippen LogP contribution in [0.2, 0.25) is 0 Å². The zero-order valence-corrected chi connectivity index (χ0v) is 11.7. The van der Waals surface area contributed by atoms with E-state index in [0.29, 0.717) is 10.4 Å². The fourth-order valence-corrected chi connectivity index (χ4v) is 3.14. The monoisotopic (exact) mass is 313 g/mol. The summed E-state index contributed by atoms with van der Waals surface area (Å²) in [5, 5.41) is 14.5. The number of nitrogens with zero attached hydrogens (tertiary/aromatic N) is 5. The van der Waals surface area contributed by atoms with E-state index in [2.05, 4.69) is 10.0 Å². The lowest BCUT2D eigenvalue weighted by Gasteiger charge is -1.97. The average molecular weight is 313 g/mol. The van der Waals surface area contributed by atoms with Crippen molar-refractivity contribution in [3.05, 3.63) is 73.4 Å². The van der Waals surface area contributed by atoms with E-state index in [9.17, 15) is 14.9 Å². The van der Waals surface area contributed by atoms with Gasteiger partial charge in [0.05, 0.1) is 26.4 Å². The summed E-state index contributed by atoms with van der Waals surface area (Å²) in [5.74, 6) is 0. The van der Waals surface area contributed by atoms with Crippen LogP contribution in [-0.4, -0.2) is 8.88 Å². The molecular weight excluding hydrogens is 306 g/mol. The molecule has 0 saturated carbocycles. The Balaban J connectivity index is 2.39. The number of aromatic nitrogens is 1. The number of nitro benzene ring substituents is 1. The van der Waals surface area contributed by atoms with Gasteiger partial charge < -0.3 is 0 Å². The number of benzene rings is 2. The van der Waals surface area contributed by atoms with Crippen LogP contribution >= 0.6 is 11.5 Å². The molecule has 0 aliphatic rings. The van der Waals surface area contributed by atoms with E-state index in [0.717, 1.165) is 17.6 Å². The smallest absolute Gasteiger partial charge is 0.267 e. The molecule has 1 aromatic heterocycles. The lowest BCUT2D eigenvalue weighted by Crippen LogP contribution is -2.10. The van der Waals surface area contributed by atoms with Crippen molar-refractivity contribution in [1.82, 2.24) is 3.96 Å². The molecule has 8 nitrogen and oxygen atoms in total. The van der Waals surface area contributed by atoms with Gasteiger partial charge in [-0.2, -0.15) is 0 Å². The van der Waals surface area contributed by atoms with Crippen LogP contribution in [0.4, 0.5) is 11.4 Å². The molecule has 22 heavy (non-hydrogen) atoms. The molecule has 108 valence electrons. The lowest BCUT2D eigenvalue weighted by molar-refractivity contribution is -0.384. The van der Waals surface area contributed by atoms with Crippen molar-refractivity contribution < 1.29 is 4.92 Å². The fourth-order valence-electron chi connectivity index (χ4n) is 2.08. The van der Waals surface area contributed by atoms with Crippen molar-refractivity contribution in [2.24, 2.45) is 5.11 Å². The van der Waals surface area contributed by atoms with Crippen LogP contribution in [-0.2, 0) is 0 Å². The summed E-state index contributed by atoms with van der Waals surface area (Å²) in [4.78, 5) is 25.5. The first-order valence-electron chi connectivity index (χ1n) is 6.07. The van der Waals surface area contributed by atoms with Crippen LogP contribution in [0.5, 0.6) is 0 Å². The van der Waals surface area contributed by atoms with Gasteiger partial charge in [-0.15, -0.1) is 0 Å². The molecule has 0 aliphatic heterocycles. The normalized spacial score (nSPS) is 10.4. The molecule has 0 fully saturated rings. The first-order valence-corrected chi connectivity index (χ1v) is 6.84. The minimum absolute atomic E-state index is 0.0392. The molecule has 3 rings (SSSR count). The number of para-hydroxylation sites is 1. The molecule has 9 heteroatoms. The number of fused-ring (bicyclic) bond motifs is 1. The van der Waals surface area contributed by atoms with Crippen molar-refractivity contribution in [2.45, 2.75) is 0 Å². The van der Waals surface area contributed by atoms with Crippen molar-refractivity contribution in [3.63, 3.8) is 0 Å². The number of nitro groups is 1. The SMILES string of the molecule is [N-]=[N+]=Nc1cc([N+](=O)[O-])cc2sn(-c3ccccc3)c(=O)c12. The molecule has 0 N–H and O–H groups in total. The predicted octanol–water partition coefficient (Wildman–Crippen LogP) is 3.90. The third-order valence-electron chi connectivity index (χ3n) is 3.01. The van der Waals surface area contributed by atoms with E-state index in [4.69, 9.17) is 5.53 Å². The second-order valence-electron chi connectivity index (χ2n) is 4.31. The Labute approximate surface area is 126 Å². The summed E-state index contributed by atoms with van der Waals surface area (Å²) in [6.07, 6.45) is 0. The molecule has 0 atom stereocenters. The molecular formula is C13H7N5O3S. The highest BCUT2D eigenvalue weighted by Crippen LogP contribution is 2.33. The molecule has 0 radical (unpaired) electrons. The van der Waals surface area contributed by atoms with Gasteiger partial charge in [-0.3, -0.25) is 14.9 Å². The van der Waals surface area contributed by atoms with E-state index in [1.165, 1.54) is 10.0 Å². The Morgan fingerprint density at radius 1 is 1.27 bits per heavy atom. The summed E-state index contributed by atoms with van der Waals surface area (Å²) < 4.78 is 1.80. The van der Waals surface area contributed by atoms with Crippen molar-refractivity contribution in [3.8, 4) is 5.69 Å². The van der Waals surface area contributed by atoms with E-state index >= 15 is 0 Å². The molecule has 0 spiro atoms. The topological polar surface area (TPSA) is 114 Å². The Morgan fingerprint density at radius 2 is 2.00 bits per heavy atom. The predicted molar refractivity (Wildman–Crippen MR) is 82.9 cm³/mol. The second kappa shape index (κ2) is 5.32. The minimum atomic E-state index is -0.590. The number of hydrogen-bond acceptors (Lipinski definition) is 5. The van der Waals surface area contributed by atoms with Gasteiger partial charge >= 0.3 is 0 Å². The van der Waals surface area contributed by atoms with Gasteiger partial charge in [-0.05, 0) is 17.7 Å². The summed E-state index contributed by atoms with van der Waals surface area (Å²) >= 11 is 1.07. The van der Waals surface area contributed by atoms with E-state index in [1.54, 1.807) is 24.3 Å². The highest BCUT2D eigenvalue weighted by Gasteiger charge is 2.18. The molecule has 1 heterocycles. The molecule has 0 bridgehead atoms. The van der Waals surface area contributed by atoms with Crippen LogP contribution < -0.4 is 5.56 Å². The first-order chi connectivity index (χ1) is 10.6. The van der Waals surface area contributed by atoms with E-state index in [1.807, 2.05) is 6.07 Å². The Kier molecular flexibility index (Phi) is 3.34. The van der Waals surface area contributed by atoms with Gasteiger partial charge in [-0.1, -0.05) is 34.8 Å². The van der Waals surface area contributed by atoms with Crippen LogP contribution in [0.3, 0.4) is 0 Å². The fraction of sp³-hybridized carbons (Fsp3) is 0. The van der Waals surface area contributed by atoms with Crippen LogP contribution in [0.15, 0.2) is 52.4 Å². The summed E-state index contributed by atoms with van der Waals surface area (Å²) in [5.41, 5.74) is 8.61. The standard InChI is InChI=1S/C13H7N5O3S/c14-16-15-10-6-9(18(20)21)7-11-12(10)13(19)17(22-11)8-4-2-1-3-5-8/h1-7H. The zero-order chi connectivity index (χ0) is 15.7. The molecule has 0 aliphatic carbocycles. The van der Waals surface area contributed by atoms with Gasteiger partial charge in [-0.25, -0.2) is 3.96 Å². The highest BCUT2D eigenvalue weighted by molar-refractivity contribution is 7.14. The first kappa shape index (κ1) is 13.8. The van der Waals surface area contributed by atoms with Crippen molar-refractivity contribution in [1.29, 1.82) is 0 Å². The Hall–Kier alpha value is -3.16. The maximum absolute atomic E-state index is 12.5. The van der Waals surface area contributed by atoms with Gasteiger partial charge in [0.2, 0.25) is 0 Å². The molecule has 3 aromatic rings. The van der Waals surface area contributed by atoms with Gasteiger partial charge in [0.25, 0.3) is 11.2 Å². The second-order valence-corrected chi connectivity index (χ2v) is 5.30. The Morgan fingerprint density at radius 3 is 2.64 bits per heavy atom.